The Kier molecular flexibility index (Phi) is 5.05. The van der Waals surface area contributed by atoms with Gasteiger partial charge in [0, 0.05) is 5.69 Å². The molecule has 30 heavy (non-hydrogen) atoms. The second-order valence-electron chi connectivity index (χ2n) is 10.1. The number of ether oxygens (including phenoxy) is 1. The summed E-state index contributed by atoms with van der Waals surface area (Å²) in [7, 11) is 0. The van der Waals surface area contributed by atoms with Crippen molar-refractivity contribution >= 4 is 29.2 Å². The fraction of sp³-hybridized carbons (Fsp3) is 0.583. The summed E-state index contributed by atoms with van der Waals surface area (Å²) in [4.78, 5) is 25.9. The van der Waals surface area contributed by atoms with Gasteiger partial charge in [0.1, 0.15) is 11.3 Å². The minimum absolute atomic E-state index is 0.146. The monoisotopic (exact) mass is 429 g/mol. The topological polar surface area (TPSA) is 66.8 Å². The SMILES string of the molecule is C#CC(=O)N(c1ccc(OC2CC3(C2)CC(C)(C)C3)c(Cl)c1)C1(C(=O)O)CCCC1. The Morgan fingerprint density at radius 1 is 1.23 bits per heavy atom. The summed E-state index contributed by atoms with van der Waals surface area (Å²) in [6.07, 6.45) is 12.3. The molecule has 0 aromatic heterocycles. The van der Waals surface area contributed by atoms with Crippen molar-refractivity contribution in [2.75, 3.05) is 4.90 Å². The molecular formula is C24H28ClNO4. The molecule has 0 bridgehead atoms. The lowest BCUT2D eigenvalue weighted by molar-refractivity contribution is -0.144. The number of hydrogen-bond acceptors (Lipinski definition) is 3. The third-order valence-corrected chi connectivity index (χ3v) is 7.37. The number of carboxylic acids is 1. The molecule has 1 spiro atoms. The molecule has 5 nitrogen and oxygen atoms in total. The Bertz CT molecular complexity index is 910. The van der Waals surface area contributed by atoms with E-state index >= 15 is 0 Å². The van der Waals surface area contributed by atoms with Gasteiger partial charge in [-0.15, -0.1) is 6.42 Å². The van der Waals surface area contributed by atoms with Crippen LogP contribution in [0.4, 0.5) is 5.69 Å². The summed E-state index contributed by atoms with van der Waals surface area (Å²) in [5.41, 5.74) is -0.0534. The van der Waals surface area contributed by atoms with Crippen molar-refractivity contribution in [3.05, 3.63) is 23.2 Å². The molecule has 0 unspecified atom stereocenters. The van der Waals surface area contributed by atoms with Gasteiger partial charge < -0.3 is 9.84 Å². The van der Waals surface area contributed by atoms with Crippen molar-refractivity contribution in [2.45, 2.75) is 76.9 Å². The fourth-order valence-corrected chi connectivity index (χ4v) is 6.50. The van der Waals surface area contributed by atoms with Crippen LogP contribution in [0.5, 0.6) is 5.75 Å². The molecular weight excluding hydrogens is 402 g/mol. The zero-order valence-electron chi connectivity index (χ0n) is 17.5. The van der Waals surface area contributed by atoms with Crippen LogP contribution in [0.15, 0.2) is 18.2 Å². The standard InChI is InChI=1S/C24H28ClNO4/c1-4-20(27)26(24(21(28)29)9-5-6-10-24)16-7-8-19(18(25)11-16)30-17-12-23(13-17)14-22(2,3)15-23/h1,7-8,11,17H,5-6,9-10,12-15H2,2-3H3,(H,28,29). The first kappa shape index (κ1) is 21.1. The smallest absolute Gasteiger partial charge is 0.330 e. The molecule has 3 aliphatic rings. The van der Waals surface area contributed by atoms with E-state index in [2.05, 4.69) is 19.8 Å². The number of carbonyl (C=O) groups is 2. The van der Waals surface area contributed by atoms with Gasteiger partial charge in [0.05, 0.1) is 11.1 Å². The van der Waals surface area contributed by atoms with Crippen molar-refractivity contribution in [1.82, 2.24) is 0 Å². The average molecular weight is 430 g/mol. The first-order chi connectivity index (χ1) is 14.1. The lowest BCUT2D eigenvalue weighted by Crippen LogP contribution is -2.55. The molecule has 3 fully saturated rings. The molecule has 1 N–H and O–H groups in total. The Hall–Kier alpha value is -2.19. The van der Waals surface area contributed by atoms with Gasteiger partial charge >= 0.3 is 11.9 Å². The Morgan fingerprint density at radius 3 is 2.37 bits per heavy atom. The average Bonchev–Trinajstić information content (AvgIpc) is 3.11. The maximum atomic E-state index is 12.6. The van der Waals surface area contributed by atoms with Gasteiger partial charge in [-0.05, 0) is 73.5 Å². The number of halogens is 1. The Balaban J connectivity index is 1.52. The van der Waals surface area contributed by atoms with Gasteiger partial charge in [-0.2, -0.15) is 0 Å². The second-order valence-corrected chi connectivity index (χ2v) is 10.5. The van der Waals surface area contributed by atoms with E-state index in [0.29, 0.717) is 40.1 Å². The summed E-state index contributed by atoms with van der Waals surface area (Å²) in [6, 6.07) is 4.99. The predicted molar refractivity (Wildman–Crippen MR) is 116 cm³/mol. The molecule has 0 radical (unpaired) electrons. The van der Waals surface area contributed by atoms with Crippen molar-refractivity contribution in [3.8, 4) is 18.1 Å². The van der Waals surface area contributed by atoms with E-state index < -0.39 is 17.4 Å². The molecule has 1 amide bonds. The summed E-state index contributed by atoms with van der Waals surface area (Å²) >= 11 is 6.48. The van der Waals surface area contributed by atoms with Crippen LogP contribution in [0.3, 0.4) is 0 Å². The van der Waals surface area contributed by atoms with Crippen molar-refractivity contribution in [3.63, 3.8) is 0 Å². The molecule has 0 aliphatic heterocycles. The summed E-state index contributed by atoms with van der Waals surface area (Å²) in [6.45, 7) is 4.61. The fourth-order valence-electron chi connectivity index (χ4n) is 6.28. The highest BCUT2D eigenvalue weighted by atomic mass is 35.5. The number of anilines is 1. The zero-order valence-corrected chi connectivity index (χ0v) is 18.3. The van der Waals surface area contributed by atoms with Crippen molar-refractivity contribution in [2.24, 2.45) is 10.8 Å². The molecule has 3 saturated carbocycles. The summed E-state index contributed by atoms with van der Waals surface area (Å²) in [5, 5.41) is 10.3. The van der Waals surface area contributed by atoms with Crippen LogP contribution in [0, 0.1) is 23.2 Å². The molecule has 6 heteroatoms. The highest BCUT2D eigenvalue weighted by Gasteiger charge is 2.57. The van der Waals surface area contributed by atoms with E-state index in [1.165, 1.54) is 17.7 Å². The van der Waals surface area contributed by atoms with Crippen LogP contribution in [0.25, 0.3) is 0 Å². The summed E-state index contributed by atoms with van der Waals surface area (Å²) in [5.74, 6) is 0.933. The number of rotatable bonds is 5. The van der Waals surface area contributed by atoms with Crippen molar-refractivity contribution in [1.29, 1.82) is 0 Å². The highest BCUT2D eigenvalue weighted by molar-refractivity contribution is 6.32. The molecule has 3 aliphatic carbocycles. The van der Waals surface area contributed by atoms with Gasteiger partial charge in [0.2, 0.25) is 0 Å². The van der Waals surface area contributed by atoms with Gasteiger partial charge in [-0.1, -0.05) is 38.3 Å². The number of carbonyl (C=O) groups excluding carboxylic acids is 1. The molecule has 1 aromatic rings. The minimum atomic E-state index is -1.33. The highest BCUT2D eigenvalue weighted by Crippen LogP contribution is 2.64. The first-order valence-electron chi connectivity index (χ1n) is 10.6. The largest absolute Gasteiger partial charge is 0.489 e. The van der Waals surface area contributed by atoms with E-state index in [-0.39, 0.29) is 6.10 Å². The maximum absolute atomic E-state index is 12.6. The van der Waals surface area contributed by atoms with Crippen LogP contribution in [-0.2, 0) is 9.59 Å². The van der Waals surface area contributed by atoms with E-state index in [1.807, 2.05) is 0 Å². The predicted octanol–water partition coefficient (Wildman–Crippen LogP) is 5.05. The van der Waals surface area contributed by atoms with Gasteiger partial charge in [-0.3, -0.25) is 9.69 Å². The van der Waals surface area contributed by atoms with Gasteiger partial charge in [0.25, 0.3) is 0 Å². The minimum Gasteiger partial charge on any atom is -0.489 e. The number of aliphatic carboxylic acids is 1. The number of amides is 1. The lowest BCUT2D eigenvalue weighted by atomic mass is 9.45. The van der Waals surface area contributed by atoms with Gasteiger partial charge in [-0.25, -0.2) is 4.79 Å². The molecule has 4 rings (SSSR count). The molecule has 1 aromatic carbocycles. The van der Waals surface area contributed by atoms with Crippen LogP contribution < -0.4 is 9.64 Å². The molecule has 0 atom stereocenters. The van der Waals surface area contributed by atoms with E-state index in [0.717, 1.165) is 25.7 Å². The Labute approximate surface area is 182 Å². The maximum Gasteiger partial charge on any atom is 0.330 e. The third kappa shape index (κ3) is 3.46. The lowest BCUT2D eigenvalue weighted by Gasteiger charge is -2.61. The second kappa shape index (κ2) is 7.20. The normalized spacial score (nSPS) is 23.1. The van der Waals surface area contributed by atoms with Gasteiger partial charge in [0.15, 0.2) is 0 Å². The third-order valence-electron chi connectivity index (χ3n) is 7.08. The number of nitrogens with zero attached hydrogens (tertiary/aromatic N) is 1. The van der Waals surface area contributed by atoms with Crippen molar-refractivity contribution < 1.29 is 19.4 Å². The number of benzene rings is 1. The summed E-state index contributed by atoms with van der Waals surface area (Å²) < 4.78 is 6.11. The Morgan fingerprint density at radius 2 is 1.87 bits per heavy atom. The zero-order chi connectivity index (χ0) is 21.7. The number of carboxylic acid groups (broad SMARTS) is 1. The van der Waals surface area contributed by atoms with Crippen LogP contribution >= 0.6 is 11.6 Å². The molecule has 0 saturated heterocycles. The van der Waals surface area contributed by atoms with Crippen LogP contribution in [0.1, 0.15) is 65.2 Å². The molecule has 160 valence electrons. The first-order valence-corrected chi connectivity index (χ1v) is 11.0. The van der Waals surface area contributed by atoms with Crippen LogP contribution in [0.2, 0.25) is 5.02 Å². The number of hydrogen-bond donors (Lipinski definition) is 1. The van der Waals surface area contributed by atoms with E-state index in [1.54, 1.807) is 18.2 Å². The van der Waals surface area contributed by atoms with Crippen LogP contribution in [-0.4, -0.2) is 28.6 Å². The molecule has 0 heterocycles. The number of terminal acetylenes is 1. The van der Waals surface area contributed by atoms with E-state index in [9.17, 15) is 14.7 Å². The van der Waals surface area contributed by atoms with E-state index in [4.69, 9.17) is 22.8 Å². The quantitative estimate of drug-likeness (QED) is 0.665.